The van der Waals surface area contributed by atoms with Crippen molar-refractivity contribution in [3.05, 3.63) is 60.7 Å². The highest BCUT2D eigenvalue weighted by Crippen LogP contribution is 2.41. The van der Waals surface area contributed by atoms with Gasteiger partial charge < -0.3 is 13.8 Å². The number of ether oxygens (including phenoxy) is 1. The highest BCUT2D eigenvalue weighted by molar-refractivity contribution is 7.42. The summed E-state index contributed by atoms with van der Waals surface area (Å²) in [6.07, 6.45) is 0. The van der Waals surface area contributed by atoms with E-state index in [-0.39, 0.29) is 6.61 Å². The molecule has 0 N–H and O–H groups in total. The van der Waals surface area contributed by atoms with Crippen molar-refractivity contribution >= 4 is 20.3 Å². The number of carbonyl (C=O) groups excluding carboxylic acids is 1. The number of oxime groups is 1. The quantitative estimate of drug-likeness (QED) is 0.278. The molecule has 0 aliphatic rings. The average molecular weight is 388 g/mol. The fraction of sp³-hybridized carbons (Fsp3) is 0.211. The molecule has 0 atom stereocenters. The van der Waals surface area contributed by atoms with E-state index in [1.165, 1.54) is 0 Å². The van der Waals surface area contributed by atoms with Crippen LogP contribution in [0.15, 0.2) is 65.8 Å². The zero-order chi connectivity index (χ0) is 19.9. The molecular formula is C19H21N2O5P. The maximum atomic E-state index is 11.6. The van der Waals surface area contributed by atoms with E-state index in [0.717, 1.165) is 0 Å². The number of rotatable bonds is 8. The third-order valence-corrected chi connectivity index (χ3v) is 3.55. The third-order valence-electron chi connectivity index (χ3n) is 2.62. The first kappa shape index (κ1) is 21.9. The van der Waals surface area contributed by atoms with E-state index in [9.17, 15) is 4.79 Å². The first-order valence-corrected chi connectivity index (χ1v) is 9.41. The van der Waals surface area contributed by atoms with Crippen molar-refractivity contribution in [2.45, 2.75) is 20.8 Å². The molecule has 2 rings (SSSR count). The summed E-state index contributed by atoms with van der Waals surface area (Å²) in [5.41, 5.74) is -0.525. The summed E-state index contributed by atoms with van der Waals surface area (Å²) in [6.45, 7) is 5.74. The smallest absolute Gasteiger partial charge is 0.461 e. The van der Waals surface area contributed by atoms with Crippen LogP contribution in [0.1, 0.15) is 20.8 Å². The number of benzene rings is 2. The summed E-state index contributed by atoms with van der Waals surface area (Å²) >= 11 is 0. The van der Waals surface area contributed by atoms with Gasteiger partial charge in [-0.1, -0.05) is 55.4 Å². The van der Waals surface area contributed by atoms with Crippen molar-refractivity contribution in [2.75, 3.05) is 6.61 Å². The number of carbonyl (C=O) groups is 1. The number of hydrogen-bond acceptors (Lipinski definition) is 7. The summed E-state index contributed by atoms with van der Waals surface area (Å²) < 4.78 is 21.1. The molecule has 27 heavy (non-hydrogen) atoms. The predicted octanol–water partition coefficient (Wildman–Crippen LogP) is 4.86. The number of nitriles is 1. The van der Waals surface area contributed by atoms with Gasteiger partial charge in [-0.25, -0.2) is 4.79 Å². The molecule has 2 aromatic carbocycles. The normalized spacial score (nSPS) is 10.1. The standard InChI is InChI=1S/C17H15N2O5P.C2H6/c1-2-21-17(20)16(13-18)19-24-25(22-14-9-5-3-6-10-14)23-15-11-7-4-8-12-15;1-2/h3-12H,2H2,1H3;1-2H3/b19-16+;. The van der Waals surface area contributed by atoms with Gasteiger partial charge >= 0.3 is 14.6 Å². The second-order valence-electron chi connectivity index (χ2n) is 4.39. The van der Waals surface area contributed by atoms with Gasteiger partial charge in [0, 0.05) is 0 Å². The van der Waals surface area contributed by atoms with Crippen molar-refractivity contribution in [1.29, 1.82) is 5.26 Å². The van der Waals surface area contributed by atoms with Crippen LogP contribution < -0.4 is 9.05 Å². The lowest BCUT2D eigenvalue weighted by Crippen LogP contribution is -2.16. The molecule has 7 nitrogen and oxygen atoms in total. The van der Waals surface area contributed by atoms with Gasteiger partial charge in [-0.05, 0) is 31.2 Å². The van der Waals surface area contributed by atoms with Crippen molar-refractivity contribution in [2.24, 2.45) is 5.16 Å². The molecule has 0 heterocycles. The van der Waals surface area contributed by atoms with E-state index < -0.39 is 20.3 Å². The molecule has 0 aromatic heterocycles. The number of hydrogen-bond donors (Lipinski definition) is 0. The Hall–Kier alpha value is -3.10. The lowest BCUT2D eigenvalue weighted by Gasteiger charge is -2.14. The second kappa shape index (κ2) is 13.2. The molecule has 0 saturated carbocycles. The summed E-state index contributed by atoms with van der Waals surface area (Å²) in [5.74, 6) is 0.114. The second-order valence-corrected chi connectivity index (χ2v) is 5.36. The van der Waals surface area contributed by atoms with Crippen LogP contribution in [-0.2, 0) is 14.2 Å². The molecule has 0 radical (unpaired) electrons. The minimum atomic E-state index is -2.03. The van der Waals surface area contributed by atoms with Crippen LogP contribution in [0.4, 0.5) is 0 Å². The fourth-order valence-corrected chi connectivity index (χ4v) is 2.40. The summed E-state index contributed by atoms with van der Waals surface area (Å²) in [6, 6.07) is 19.3. The van der Waals surface area contributed by atoms with Gasteiger partial charge in [-0.2, -0.15) is 5.26 Å². The zero-order valence-corrected chi connectivity index (χ0v) is 16.3. The van der Waals surface area contributed by atoms with Crippen LogP contribution in [-0.4, -0.2) is 18.3 Å². The molecule has 0 fully saturated rings. The topological polar surface area (TPSA) is 90.1 Å². The number of esters is 1. The van der Waals surface area contributed by atoms with E-state index in [4.69, 9.17) is 23.7 Å². The Bertz CT molecular complexity index is 706. The van der Waals surface area contributed by atoms with E-state index >= 15 is 0 Å². The molecule has 8 heteroatoms. The van der Waals surface area contributed by atoms with Crippen LogP contribution in [0, 0.1) is 11.3 Å². The molecule has 0 unspecified atom stereocenters. The summed E-state index contributed by atoms with van der Waals surface area (Å²) in [4.78, 5) is 11.6. The Balaban J connectivity index is 0.00000176. The van der Waals surface area contributed by atoms with Gasteiger partial charge in [0.05, 0.1) is 6.61 Å². The van der Waals surface area contributed by atoms with Crippen LogP contribution in [0.2, 0.25) is 0 Å². The zero-order valence-electron chi connectivity index (χ0n) is 15.4. The Morgan fingerprint density at radius 2 is 1.48 bits per heavy atom. The minimum absolute atomic E-state index is 0.120. The van der Waals surface area contributed by atoms with Crippen molar-refractivity contribution < 1.29 is 23.2 Å². The molecular weight excluding hydrogens is 367 g/mol. The van der Waals surface area contributed by atoms with Gasteiger partial charge in [-0.3, -0.25) is 4.62 Å². The molecule has 0 bridgehead atoms. The lowest BCUT2D eigenvalue weighted by atomic mass is 10.3. The maximum Gasteiger partial charge on any atom is 0.552 e. The van der Waals surface area contributed by atoms with E-state index in [0.29, 0.717) is 11.5 Å². The number of para-hydroxylation sites is 2. The molecule has 142 valence electrons. The maximum absolute atomic E-state index is 11.6. The van der Waals surface area contributed by atoms with Crippen molar-refractivity contribution in [1.82, 2.24) is 0 Å². The highest BCUT2D eigenvalue weighted by Gasteiger charge is 2.21. The van der Waals surface area contributed by atoms with Gasteiger partial charge in [0.1, 0.15) is 17.6 Å². The summed E-state index contributed by atoms with van der Waals surface area (Å²) in [7, 11) is -2.03. The molecule has 0 aliphatic carbocycles. The Kier molecular flexibility index (Phi) is 10.7. The van der Waals surface area contributed by atoms with Gasteiger partial charge in [-0.15, -0.1) is 0 Å². The fourth-order valence-electron chi connectivity index (χ4n) is 1.56. The van der Waals surface area contributed by atoms with Crippen LogP contribution >= 0.6 is 8.60 Å². The first-order valence-electron chi connectivity index (χ1n) is 8.31. The summed E-state index contributed by atoms with van der Waals surface area (Å²) in [5, 5.41) is 12.5. The van der Waals surface area contributed by atoms with Crippen LogP contribution in [0.3, 0.4) is 0 Å². The van der Waals surface area contributed by atoms with Crippen molar-refractivity contribution in [3.8, 4) is 17.6 Å². The molecule has 0 aliphatic heterocycles. The van der Waals surface area contributed by atoms with Crippen LogP contribution in [0.25, 0.3) is 0 Å². The van der Waals surface area contributed by atoms with Gasteiger partial charge in [0.15, 0.2) is 0 Å². The molecule has 0 amide bonds. The highest BCUT2D eigenvalue weighted by atomic mass is 31.2. The van der Waals surface area contributed by atoms with Gasteiger partial charge in [0.25, 0.3) is 5.71 Å². The van der Waals surface area contributed by atoms with Crippen molar-refractivity contribution in [3.63, 3.8) is 0 Å². The lowest BCUT2D eigenvalue weighted by molar-refractivity contribution is -0.135. The van der Waals surface area contributed by atoms with E-state index in [1.54, 1.807) is 61.5 Å². The molecule has 2 aromatic rings. The Labute approximate surface area is 160 Å². The Morgan fingerprint density at radius 1 is 1.00 bits per heavy atom. The first-order chi connectivity index (χ1) is 13.2. The minimum Gasteiger partial charge on any atom is -0.461 e. The average Bonchev–Trinajstić information content (AvgIpc) is 2.71. The van der Waals surface area contributed by atoms with Crippen LogP contribution in [0.5, 0.6) is 11.5 Å². The SMILES string of the molecule is CC.CCOC(=O)/C(C#N)=N/OP(Oc1ccccc1)Oc1ccccc1. The van der Waals surface area contributed by atoms with Gasteiger partial charge in [0.2, 0.25) is 0 Å². The molecule has 0 spiro atoms. The largest absolute Gasteiger partial charge is 0.552 e. The Morgan fingerprint density at radius 3 is 1.89 bits per heavy atom. The third kappa shape index (κ3) is 8.21. The molecule has 0 saturated heterocycles. The number of nitrogens with zero attached hydrogens (tertiary/aromatic N) is 2. The monoisotopic (exact) mass is 388 g/mol. The van der Waals surface area contributed by atoms with E-state index in [1.807, 2.05) is 26.0 Å². The predicted molar refractivity (Wildman–Crippen MR) is 103 cm³/mol. The van der Waals surface area contributed by atoms with E-state index in [2.05, 4.69) is 5.16 Å².